The summed E-state index contributed by atoms with van der Waals surface area (Å²) in [6.07, 6.45) is -1.15. The van der Waals surface area contributed by atoms with Crippen LogP contribution in [0.5, 0.6) is 5.75 Å². The molecule has 2 rings (SSSR count). The van der Waals surface area contributed by atoms with Gasteiger partial charge >= 0.3 is 5.97 Å². The number of thioether (sulfide) groups is 1. The average molecular weight is 399 g/mol. The third-order valence-electron chi connectivity index (χ3n) is 3.39. The molecule has 0 unspecified atom stereocenters. The van der Waals surface area contributed by atoms with Crippen molar-refractivity contribution in [2.45, 2.75) is 23.7 Å². The van der Waals surface area contributed by atoms with Crippen molar-refractivity contribution in [2.24, 2.45) is 0 Å². The number of benzene rings is 2. The third kappa shape index (κ3) is 5.92. The maximum atomic E-state index is 13.6. The van der Waals surface area contributed by atoms with Gasteiger partial charge in [-0.25, -0.2) is 9.18 Å². The molecule has 5 nitrogen and oxygen atoms in total. The zero-order valence-electron chi connectivity index (χ0n) is 14.4. The maximum absolute atomic E-state index is 13.6. The van der Waals surface area contributed by atoms with Crippen LogP contribution in [0.3, 0.4) is 0 Å². The summed E-state index contributed by atoms with van der Waals surface area (Å²) in [5.74, 6) is -4.78. The molecule has 0 spiro atoms. The van der Waals surface area contributed by atoms with E-state index in [1.165, 1.54) is 50.4 Å². The minimum atomic E-state index is -2.53. The van der Waals surface area contributed by atoms with Crippen LogP contribution in [0.2, 0.25) is 0 Å². The molecule has 0 aliphatic carbocycles. The van der Waals surface area contributed by atoms with Crippen molar-refractivity contribution in [2.75, 3.05) is 12.4 Å². The molecule has 1 atom stereocenters. The number of hydrogen-bond donors (Lipinski definition) is 1. The van der Waals surface area contributed by atoms with Crippen molar-refractivity contribution >= 4 is 29.3 Å². The number of halogens is 3. The molecule has 0 saturated carbocycles. The predicted molar refractivity (Wildman–Crippen MR) is 94.8 cm³/mol. The van der Waals surface area contributed by atoms with Gasteiger partial charge in [-0.2, -0.15) is 8.78 Å². The lowest BCUT2D eigenvalue weighted by Gasteiger charge is -2.14. The van der Waals surface area contributed by atoms with E-state index in [0.29, 0.717) is 22.3 Å². The molecule has 9 heteroatoms. The SMILES string of the molecule is COc1ccc(C(=O)O[C@@H](C)C(=O)Nc2ccc(SC(F)F)cc2)cc1F. The molecule has 0 fully saturated rings. The van der Waals surface area contributed by atoms with Crippen LogP contribution in [0.15, 0.2) is 47.4 Å². The fourth-order valence-corrected chi connectivity index (χ4v) is 2.54. The summed E-state index contributed by atoms with van der Waals surface area (Å²) < 4.78 is 48.0. The molecule has 1 N–H and O–H groups in total. The second-order valence-electron chi connectivity index (χ2n) is 5.29. The fourth-order valence-electron chi connectivity index (χ4n) is 2.04. The Morgan fingerprint density at radius 2 is 1.78 bits per heavy atom. The lowest BCUT2D eigenvalue weighted by Crippen LogP contribution is -2.30. The Kier molecular flexibility index (Phi) is 7.12. The molecule has 144 valence electrons. The number of rotatable bonds is 7. The largest absolute Gasteiger partial charge is 0.494 e. The van der Waals surface area contributed by atoms with Crippen LogP contribution in [-0.4, -0.2) is 30.8 Å². The summed E-state index contributed by atoms with van der Waals surface area (Å²) in [4.78, 5) is 24.5. The van der Waals surface area contributed by atoms with Crippen molar-refractivity contribution in [1.82, 2.24) is 0 Å². The van der Waals surface area contributed by atoms with Gasteiger partial charge in [-0.3, -0.25) is 4.79 Å². The summed E-state index contributed by atoms with van der Waals surface area (Å²) in [5.41, 5.74) is 0.290. The van der Waals surface area contributed by atoms with E-state index in [9.17, 15) is 22.8 Å². The van der Waals surface area contributed by atoms with Gasteiger partial charge in [0.05, 0.1) is 12.7 Å². The summed E-state index contributed by atoms with van der Waals surface area (Å²) in [7, 11) is 1.29. The van der Waals surface area contributed by atoms with E-state index in [-0.39, 0.29) is 11.3 Å². The highest BCUT2D eigenvalue weighted by Crippen LogP contribution is 2.26. The fraction of sp³-hybridized carbons (Fsp3) is 0.222. The molecule has 0 heterocycles. The van der Waals surface area contributed by atoms with E-state index in [2.05, 4.69) is 5.32 Å². The van der Waals surface area contributed by atoms with Crippen molar-refractivity contribution < 1.29 is 32.2 Å². The monoisotopic (exact) mass is 399 g/mol. The number of carbonyl (C=O) groups excluding carboxylic acids is 2. The first-order valence-corrected chi connectivity index (χ1v) is 8.58. The first-order valence-electron chi connectivity index (χ1n) is 7.70. The Labute approximate surface area is 157 Å². The average Bonchev–Trinajstić information content (AvgIpc) is 2.62. The highest BCUT2D eigenvalue weighted by molar-refractivity contribution is 7.99. The van der Waals surface area contributed by atoms with Gasteiger partial charge in [0.25, 0.3) is 11.7 Å². The molecule has 0 radical (unpaired) electrons. The molecule has 1 amide bonds. The number of nitrogens with one attached hydrogen (secondary N) is 1. The molecule has 27 heavy (non-hydrogen) atoms. The lowest BCUT2D eigenvalue weighted by atomic mass is 10.2. The first-order chi connectivity index (χ1) is 12.8. The molecule has 2 aromatic rings. The summed E-state index contributed by atoms with van der Waals surface area (Å²) in [5, 5.41) is 2.50. The van der Waals surface area contributed by atoms with Crippen LogP contribution in [0.25, 0.3) is 0 Å². The van der Waals surface area contributed by atoms with E-state index in [0.717, 1.165) is 6.07 Å². The minimum Gasteiger partial charge on any atom is -0.494 e. The number of ether oxygens (including phenoxy) is 2. The number of methoxy groups -OCH3 is 1. The van der Waals surface area contributed by atoms with Crippen molar-refractivity contribution in [3.05, 3.63) is 53.8 Å². The number of amides is 1. The molecule has 2 aromatic carbocycles. The van der Waals surface area contributed by atoms with Gasteiger partial charge < -0.3 is 14.8 Å². The van der Waals surface area contributed by atoms with Gasteiger partial charge in [0, 0.05) is 10.6 Å². The third-order valence-corrected chi connectivity index (χ3v) is 4.11. The normalized spacial score (nSPS) is 11.8. The Balaban J connectivity index is 1.94. The van der Waals surface area contributed by atoms with Gasteiger partial charge in [0.2, 0.25) is 0 Å². The minimum absolute atomic E-state index is 0.0224. The predicted octanol–water partition coefficient (Wildman–Crippen LogP) is 4.33. The van der Waals surface area contributed by atoms with Crippen LogP contribution in [0.4, 0.5) is 18.9 Å². The second kappa shape index (κ2) is 9.31. The van der Waals surface area contributed by atoms with Gasteiger partial charge in [-0.1, -0.05) is 11.8 Å². The van der Waals surface area contributed by atoms with Crippen LogP contribution in [-0.2, 0) is 9.53 Å². The lowest BCUT2D eigenvalue weighted by molar-refractivity contribution is -0.123. The topological polar surface area (TPSA) is 64.6 Å². The smallest absolute Gasteiger partial charge is 0.339 e. The van der Waals surface area contributed by atoms with E-state index < -0.39 is 29.6 Å². The van der Waals surface area contributed by atoms with Crippen LogP contribution in [0.1, 0.15) is 17.3 Å². The molecular weight excluding hydrogens is 383 g/mol. The number of carbonyl (C=O) groups is 2. The summed E-state index contributed by atoms with van der Waals surface area (Å²) in [6.45, 7) is 1.36. The first kappa shape index (κ1) is 20.6. The molecule has 0 aromatic heterocycles. The Hall–Kier alpha value is -2.68. The van der Waals surface area contributed by atoms with E-state index >= 15 is 0 Å². The molecule has 0 aliphatic heterocycles. The van der Waals surface area contributed by atoms with Crippen molar-refractivity contribution in [3.8, 4) is 5.75 Å². The van der Waals surface area contributed by atoms with Crippen molar-refractivity contribution in [1.29, 1.82) is 0 Å². The highest BCUT2D eigenvalue weighted by atomic mass is 32.2. The highest BCUT2D eigenvalue weighted by Gasteiger charge is 2.20. The zero-order chi connectivity index (χ0) is 20.0. The standard InChI is InChI=1S/C18H16F3NO4S/c1-10(26-17(24)11-3-8-15(25-2)14(19)9-11)16(23)22-12-4-6-13(7-5-12)27-18(20)21/h3-10,18H,1-2H3,(H,22,23)/t10-/m0/s1. The van der Waals surface area contributed by atoms with Gasteiger partial charge in [-0.05, 0) is 49.4 Å². The van der Waals surface area contributed by atoms with E-state index in [1.807, 2.05) is 0 Å². The van der Waals surface area contributed by atoms with Gasteiger partial charge in [-0.15, -0.1) is 0 Å². The second-order valence-corrected chi connectivity index (χ2v) is 6.35. The maximum Gasteiger partial charge on any atom is 0.339 e. The zero-order valence-corrected chi connectivity index (χ0v) is 15.2. The molecule has 0 aliphatic rings. The van der Waals surface area contributed by atoms with Crippen LogP contribution < -0.4 is 10.1 Å². The molecule has 0 bridgehead atoms. The Bertz CT molecular complexity index is 815. The Morgan fingerprint density at radius 1 is 1.11 bits per heavy atom. The summed E-state index contributed by atoms with van der Waals surface area (Å²) in [6, 6.07) is 9.31. The van der Waals surface area contributed by atoms with E-state index in [4.69, 9.17) is 9.47 Å². The van der Waals surface area contributed by atoms with Crippen molar-refractivity contribution in [3.63, 3.8) is 0 Å². The van der Waals surface area contributed by atoms with Crippen LogP contribution >= 0.6 is 11.8 Å². The van der Waals surface area contributed by atoms with Crippen LogP contribution in [0, 0.1) is 5.82 Å². The van der Waals surface area contributed by atoms with Gasteiger partial charge in [0.1, 0.15) is 0 Å². The van der Waals surface area contributed by atoms with E-state index in [1.54, 1.807) is 0 Å². The molecular formula is C18H16F3NO4S. The number of anilines is 1. The van der Waals surface area contributed by atoms with Gasteiger partial charge in [0.15, 0.2) is 17.7 Å². The number of esters is 1. The number of hydrogen-bond acceptors (Lipinski definition) is 5. The quantitative estimate of drug-likeness (QED) is 0.555. The molecule has 0 saturated heterocycles. The summed E-state index contributed by atoms with van der Waals surface area (Å²) >= 11 is 0.387. The Morgan fingerprint density at radius 3 is 2.33 bits per heavy atom. The number of alkyl halides is 2.